The summed E-state index contributed by atoms with van der Waals surface area (Å²) in [4.78, 5) is 16.7. The van der Waals surface area contributed by atoms with Gasteiger partial charge in [0.1, 0.15) is 11.1 Å². The third-order valence-electron chi connectivity index (χ3n) is 5.41. The highest BCUT2D eigenvalue weighted by molar-refractivity contribution is 9.10. The van der Waals surface area contributed by atoms with Crippen molar-refractivity contribution in [3.8, 4) is 11.5 Å². The van der Waals surface area contributed by atoms with Gasteiger partial charge in [0.2, 0.25) is 11.7 Å². The molecule has 0 unspecified atom stereocenters. The van der Waals surface area contributed by atoms with Crippen LogP contribution in [0.1, 0.15) is 10.4 Å². The fraction of sp³-hybridized carbons (Fsp3) is 0. The van der Waals surface area contributed by atoms with E-state index in [-0.39, 0.29) is 16.2 Å². The van der Waals surface area contributed by atoms with Gasteiger partial charge >= 0.3 is 0 Å². The molecule has 2 N–H and O–H groups in total. The quantitative estimate of drug-likeness (QED) is 0.100. The maximum absolute atomic E-state index is 14.2. The number of nitrogens with one attached hydrogen (secondary N) is 2. The Morgan fingerprint density at radius 2 is 1.51 bits per heavy atom. The van der Waals surface area contributed by atoms with Crippen molar-refractivity contribution in [3.05, 3.63) is 93.7 Å². The molecule has 0 saturated heterocycles. The van der Waals surface area contributed by atoms with Gasteiger partial charge in [-0.1, -0.05) is 40.2 Å². The van der Waals surface area contributed by atoms with Gasteiger partial charge in [-0.15, -0.1) is 0 Å². The van der Waals surface area contributed by atoms with Gasteiger partial charge in [0.25, 0.3) is 5.91 Å². The SMILES string of the molecule is O=C(NC(=S)Nc1ccc2oc(-c3c(F)c(F)c(F)c(F)c3F)nc2c1)c1cccc2c(Br)cccc12. The predicted octanol–water partition coefficient (Wildman–Crippen LogP) is 7.23. The van der Waals surface area contributed by atoms with Gasteiger partial charge < -0.3 is 9.73 Å². The molecule has 0 fully saturated rings. The maximum atomic E-state index is 14.2. The largest absolute Gasteiger partial charge is 0.436 e. The standard InChI is InChI=1S/C25H11BrF5N3O2S/c26-14-6-2-3-11-12(14)4-1-5-13(11)23(35)34-25(37)32-10-7-8-16-15(9-10)33-24(36-16)17-18(27)20(29)22(31)21(30)19(17)28/h1-9H,(H2,32,34,35,37). The summed E-state index contributed by atoms with van der Waals surface area (Å²) in [5, 5.41) is 6.85. The Bertz CT molecular complexity index is 1730. The molecular weight excluding hydrogens is 581 g/mol. The minimum atomic E-state index is -2.28. The molecular formula is C25H11BrF5N3O2S. The second-order valence-electron chi connectivity index (χ2n) is 7.70. The molecule has 12 heteroatoms. The normalized spacial score (nSPS) is 11.2. The molecule has 1 amide bonds. The lowest BCUT2D eigenvalue weighted by atomic mass is 10.0. The zero-order chi connectivity index (χ0) is 26.4. The number of rotatable bonds is 3. The van der Waals surface area contributed by atoms with Crippen LogP contribution in [-0.2, 0) is 0 Å². The molecule has 0 bridgehead atoms. The van der Waals surface area contributed by atoms with Gasteiger partial charge in [-0.2, -0.15) is 0 Å². The number of hydrogen-bond acceptors (Lipinski definition) is 4. The summed E-state index contributed by atoms with van der Waals surface area (Å²) in [6, 6.07) is 14.9. The maximum Gasteiger partial charge on any atom is 0.258 e. The predicted molar refractivity (Wildman–Crippen MR) is 135 cm³/mol. The van der Waals surface area contributed by atoms with E-state index in [0.29, 0.717) is 16.6 Å². The Morgan fingerprint density at radius 3 is 2.24 bits per heavy atom. The molecule has 37 heavy (non-hydrogen) atoms. The summed E-state index contributed by atoms with van der Waals surface area (Å²) < 4.78 is 74.9. The first-order chi connectivity index (χ1) is 17.7. The van der Waals surface area contributed by atoms with Crippen molar-refractivity contribution in [2.45, 2.75) is 0 Å². The van der Waals surface area contributed by atoms with Crippen LogP contribution in [0.5, 0.6) is 0 Å². The van der Waals surface area contributed by atoms with Crippen LogP contribution >= 0.6 is 28.1 Å². The van der Waals surface area contributed by atoms with Gasteiger partial charge in [-0.3, -0.25) is 10.1 Å². The third-order valence-corrected chi connectivity index (χ3v) is 6.31. The molecule has 4 aromatic carbocycles. The number of amides is 1. The number of halogens is 6. The molecule has 0 aliphatic carbocycles. The van der Waals surface area contributed by atoms with E-state index in [1.807, 2.05) is 12.1 Å². The molecule has 0 radical (unpaired) electrons. The molecule has 1 heterocycles. The second kappa shape index (κ2) is 9.52. The van der Waals surface area contributed by atoms with E-state index in [1.54, 1.807) is 24.3 Å². The van der Waals surface area contributed by atoms with Gasteiger partial charge in [-0.05, 0) is 53.3 Å². The number of carbonyl (C=O) groups is 1. The number of benzene rings is 4. The zero-order valence-electron chi connectivity index (χ0n) is 18.1. The van der Waals surface area contributed by atoms with Gasteiger partial charge in [0, 0.05) is 15.7 Å². The molecule has 5 rings (SSSR count). The smallest absolute Gasteiger partial charge is 0.258 e. The van der Waals surface area contributed by atoms with Crippen LogP contribution in [0.3, 0.4) is 0 Å². The second-order valence-corrected chi connectivity index (χ2v) is 8.96. The summed E-state index contributed by atoms with van der Waals surface area (Å²) >= 11 is 8.68. The Morgan fingerprint density at radius 1 is 0.865 bits per heavy atom. The van der Waals surface area contributed by atoms with E-state index >= 15 is 0 Å². The van der Waals surface area contributed by atoms with Gasteiger partial charge in [0.15, 0.2) is 34.0 Å². The Kier molecular flexibility index (Phi) is 6.38. The molecule has 0 saturated carbocycles. The summed E-state index contributed by atoms with van der Waals surface area (Å²) in [7, 11) is 0. The average Bonchev–Trinajstić information content (AvgIpc) is 3.29. The minimum Gasteiger partial charge on any atom is -0.436 e. The van der Waals surface area contributed by atoms with Crippen molar-refractivity contribution in [2.24, 2.45) is 0 Å². The van der Waals surface area contributed by atoms with E-state index in [9.17, 15) is 26.7 Å². The third kappa shape index (κ3) is 4.42. The van der Waals surface area contributed by atoms with Crippen molar-refractivity contribution in [2.75, 3.05) is 5.32 Å². The molecule has 5 nitrogen and oxygen atoms in total. The number of thiocarbonyl (C=S) groups is 1. The number of aromatic nitrogens is 1. The van der Waals surface area contributed by atoms with E-state index in [0.717, 1.165) is 9.86 Å². The van der Waals surface area contributed by atoms with Crippen molar-refractivity contribution in [1.82, 2.24) is 10.3 Å². The van der Waals surface area contributed by atoms with Crippen molar-refractivity contribution in [3.63, 3.8) is 0 Å². The zero-order valence-corrected chi connectivity index (χ0v) is 20.5. The first-order valence-corrected chi connectivity index (χ1v) is 11.6. The van der Waals surface area contributed by atoms with E-state index in [1.165, 1.54) is 18.2 Å². The number of oxazole rings is 1. The van der Waals surface area contributed by atoms with E-state index < -0.39 is 46.4 Å². The minimum absolute atomic E-state index is 0.0146. The van der Waals surface area contributed by atoms with Crippen molar-refractivity contribution >= 4 is 66.7 Å². The Hall–Kier alpha value is -3.90. The van der Waals surface area contributed by atoms with E-state index in [4.69, 9.17) is 16.6 Å². The lowest BCUT2D eigenvalue weighted by Gasteiger charge is -2.11. The lowest BCUT2D eigenvalue weighted by Crippen LogP contribution is -2.34. The number of anilines is 1. The summed E-state index contributed by atoms with van der Waals surface area (Å²) in [5.74, 6) is -11.9. The monoisotopic (exact) mass is 591 g/mol. The average molecular weight is 592 g/mol. The number of fused-ring (bicyclic) bond motifs is 2. The molecule has 0 aliphatic rings. The van der Waals surface area contributed by atoms with Gasteiger partial charge in [0.05, 0.1) is 0 Å². The Balaban J connectivity index is 1.39. The van der Waals surface area contributed by atoms with E-state index in [2.05, 4.69) is 31.5 Å². The number of carbonyl (C=O) groups excluding carboxylic acids is 1. The first kappa shape index (κ1) is 24.8. The molecule has 1 aromatic heterocycles. The molecule has 5 aromatic rings. The van der Waals surface area contributed by atoms with Crippen LogP contribution in [0.15, 0.2) is 63.5 Å². The fourth-order valence-corrected chi connectivity index (χ4v) is 4.42. The van der Waals surface area contributed by atoms with Crippen LogP contribution in [0.4, 0.5) is 27.6 Å². The first-order valence-electron chi connectivity index (χ1n) is 10.4. The summed E-state index contributed by atoms with van der Waals surface area (Å²) in [6.45, 7) is 0. The molecule has 0 atom stereocenters. The van der Waals surface area contributed by atoms with Crippen LogP contribution < -0.4 is 10.6 Å². The molecule has 0 aliphatic heterocycles. The highest BCUT2D eigenvalue weighted by Crippen LogP contribution is 2.33. The van der Waals surface area contributed by atoms with Crippen LogP contribution in [0, 0.1) is 29.1 Å². The van der Waals surface area contributed by atoms with Crippen LogP contribution in [0.2, 0.25) is 0 Å². The number of hydrogen-bond donors (Lipinski definition) is 2. The van der Waals surface area contributed by atoms with Crippen molar-refractivity contribution < 1.29 is 31.2 Å². The van der Waals surface area contributed by atoms with Crippen LogP contribution in [0.25, 0.3) is 33.3 Å². The van der Waals surface area contributed by atoms with Gasteiger partial charge in [-0.25, -0.2) is 26.9 Å². The van der Waals surface area contributed by atoms with Crippen LogP contribution in [-0.4, -0.2) is 16.0 Å². The summed E-state index contributed by atoms with van der Waals surface area (Å²) in [6.07, 6.45) is 0. The fourth-order valence-electron chi connectivity index (χ4n) is 3.71. The Labute approximate surface area is 218 Å². The highest BCUT2D eigenvalue weighted by atomic mass is 79.9. The molecule has 0 spiro atoms. The molecule has 186 valence electrons. The number of nitrogens with zero attached hydrogens (tertiary/aromatic N) is 1. The topological polar surface area (TPSA) is 67.2 Å². The summed E-state index contributed by atoms with van der Waals surface area (Å²) in [5.41, 5.74) is -0.526. The highest BCUT2D eigenvalue weighted by Gasteiger charge is 2.29. The lowest BCUT2D eigenvalue weighted by molar-refractivity contribution is 0.0979. The van der Waals surface area contributed by atoms with Crippen molar-refractivity contribution in [1.29, 1.82) is 0 Å².